The van der Waals surface area contributed by atoms with E-state index >= 15 is 0 Å². The van der Waals surface area contributed by atoms with Crippen LogP contribution >= 0.6 is 22.7 Å². The lowest BCUT2D eigenvalue weighted by atomic mass is 9.94. The number of benzene rings is 5. The Kier molecular flexibility index (Phi) is 5.62. The van der Waals surface area contributed by atoms with Gasteiger partial charge in [-0.2, -0.15) is 0 Å². The van der Waals surface area contributed by atoms with E-state index in [1.807, 2.05) is 34.8 Å². The molecule has 2 N–H and O–H groups in total. The molecule has 4 heteroatoms. The fourth-order valence-electron chi connectivity index (χ4n) is 7.01. The van der Waals surface area contributed by atoms with E-state index in [4.69, 9.17) is 5.73 Å². The summed E-state index contributed by atoms with van der Waals surface area (Å²) in [4.78, 5) is 1.42. The third-order valence-electron chi connectivity index (χ3n) is 8.98. The Morgan fingerprint density at radius 3 is 2.42 bits per heavy atom. The Morgan fingerprint density at radius 1 is 0.698 bits per heavy atom. The number of rotatable bonds is 4. The lowest BCUT2D eigenvalue weighted by Gasteiger charge is -2.14. The molecule has 1 aliphatic carbocycles. The van der Waals surface area contributed by atoms with Crippen molar-refractivity contribution in [2.45, 2.75) is 19.4 Å². The second-order valence-electron chi connectivity index (χ2n) is 11.3. The van der Waals surface area contributed by atoms with Gasteiger partial charge < -0.3 is 10.3 Å². The smallest absolute Gasteiger partial charge is 0.0509 e. The monoisotopic (exact) mass is 588 g/mol. The van der Waals surface area contributed by atoms with E-state index < -0.39 is 0 Å². The van der Waals surface area contributed by atoms with Gasteiger partial charge in [-0.1, -0.05) is 91.0 Å². The van der Waals surface area contributed by atoms with E-state index in [-0.39, 0.29) is 0 Å². The summed E-state index contributed by atoms with van der Waals surface area (Å²) in [7, 11) is 0. The number of nitrogens with zero attached hydrogens (tertiary/aromatic N) is 1. The SMILES string of the molecule is Nc1ccccc1/C(=C\Cn1c2ccccc2c2c3sc4c(c3ccc21)CCC=C4)c1cccc2c1sc1ccccc12. The Bertz CT molecular complexity index is 2450. The van der Waals surface area contributed by atoms with Gasteiger partial charge in [0.05, 0.1) is 5.52 Å². The second kappa shape index (κ2) is 9.70. The first kappa shape index (κ1) is 24.9. The van der Waals surface area contributed by atoms with Crippen LogP contribution in [0.25, 0.3) is 63.7 Å². The number of aryl methyl sites for hydroxylation is 1. The average Bonchev–Trinajstić information content (AvgIpc) is 3.72. The number of anilines is 1. The van der Waals surface area contributed by atoms with E-state index in [0.29, 0.717) is 0 Å². The molecule has 0 radical (unpaired) electrons. The third kappa shape index (κ3) is 3.77. The average molecular weight is 589 g/mol. The Labute approximate surface area is 257 Å². The van der Waals surface area contributed by atoms with E-state index in [9.17, 15) is 0 Å². The van der Waals surface area contributed by atoms with Crippen molar-refractivity contribution in [1.29, 1.82) is 0 Å². The van der Waals surface area contributed by atoms with Gasteiger partial charge in [0.25, 0.3) is 0 Å². The van der Waals surface area contributed by atoms with Gasteiger partial charge in [-0.05, 0) is 65.3 Å². The van der Waals surface area contributed by atoms with Crippen molar-refractivity contribution in [3.05, 3.63) is 137 Å². The molecule has 2 nitrogen and oxygen atoms in total. The maximum absolute atomic E-state index is 6.67. The molecule has 3 aromatic heterocycles. The van der Waals surface area contributed by atoms with E-state index in [2.05, 4.69) is 114 Å². The Balaban J connectivity index is 1.29. The molecule has 43 heavy (non-hydrogen) atoms. The summed E-state index contributed by atoms with van der Waals surface area (Å²) in [5.41, 5.74) is 15.0. The Morgan fingerprint density at radius 2 is 1.49 bits per heavy atom. The summed E-state index contributed by atoms with van der Waals surface area (Å²) < 4.78 is 6.52. The molecule has 8 aromatic rings. The maximum Gasteiger partial charge on any atom is 0.0509 e. The van der Waals surface area contributed by atoms with Gasteiger partial charge >= 0.3 is 0 Å². The van der Waals surface area contributed by atoms with Crippen molar-refractivity contribution < 1.29 is 0 Å². The number of aromatic nitrogens is 1. The first-order valence-corrected chi connectivity index (χ1v) is 16.5. The van der Waals surface area contributed by atoms with Gasteiger partial charge in [0.2, 0.25) is 0 Å². The molecule has 5 aromatic carbocycles. The maximum atomic E-state index is 6.67. The zero-order valence-corrected chi connectivity index (χ0v) is 25.1. The van der Waals surface area contributed by atoms with Crippen LogP contribution in [0.5, 0.6) is 0 Å². The molecule has 9 rings (SSSR count). The topological polar surface area (TPSA) is 30.9 Å². The highest BCUT2D eigenvalue weighted by Gasteiger charge is 2.20. The molecule has 0 unspecified atom stereocenters. The molecule has 3 heterocycles. The number of thiophene rings is 2. The number of hydrogen-bond acceptors (Lipinski definition) is 3. The lowest BCUT2D eigenvalue weighted by Crippen LogP contribution is -1.99. The van der Waals surface area contributed by atoms with Crippen LogP contribution in [0.1, 0.15) is 28.0 Å². The zero-order valence-electron chi connectivity index (χ0n) is 23.5. The van der Waals surface area contributed by atoms with Crippen LogP contribution in [0.2, 0.25) is 0 Å². The molecular weight excluding hydrogens is 561 g/mol. The highest BCUT2D eigenvalue weighted by molar-refractivity contribution is 7.26. The largest absolute Gasteiger partial charge is 0.398 e. The standard InChI is InChI=1S/C39H28N2S2/c40-32-16-5-1-10-25(32)24(28-14-9-15-29-26-11-3-7-18-35(26)42-38(28)29)22-23-41-33-17-6-2-13-31(33)37-34(41)21-20-30-27-12-4-8-19-36(27)43-39(30)37/h1-3,5-11,13-22H,4,12,23,40H2/b24-22+. The molecule has 0 atom stereocenters. The lowest BCUT2D eigenvalue weighted by molar-refractivity contribution is 0.900. The van der Waals surface area contributed by atoms with Crippen LogP contribution in [-0.4, -0.2) is 4.57 Å². The molecule has 0 amide bonds. The quantitative estimate of drug-likeness (QED) is 0.204. The summed E-state index contributed by atoms with van der Waals surface area (Å²) in [6, 6.07) is 37.3. The summed E-state index contributed by atoms with van der Waals surface area (Å²) >= 11 is 3.82. The van der Waals surface area contributed by atoms with Gasteiger partial charge in [0.1, 0.15) is 0 Å². The summed E-state index contributed by atoms with van der Waals surface area (Å²) in [5, 5.41) is 6.73. The predicted molar refractivity (Wildman–Crippen MR) is 189 cm³/mol. The fourth-order valence-corrected chi connectivity index (χ4v) is 9.58. The number of allylic oxidation sites excluding steroid dienone is 2. The minimum absolute atomic E-state index is 0.742. The van der Waals surface area contributed by atoms with Crippen LogP contribution in [0.3, 0.4) is 0 Å². The fraction of sp³-hybridized carbons (Fsp3) is 0.0769. The number of hydrogen-bond donors (Lipinski definition) is 1. The molecule has 206 valence electrons. The van der Waals surface area contributed by atoms with Crippen molar-refractivity contribution in [3.8, 4) is 0 Å². The predicted octanol–water partition coefficient (Wildman–Crippen LogP) is 11.1. The van der Waals surface area contributed by atoms with Crippen molar-refractivity contribution in [1.82, 2.24) is 4.57 Å². The van der Waals surface area contributed by atoms with Gasteiger partial charge in [0, 0.05) is 63.8 Å². The number of para-hydroxylation sites is 2. The van der Waals surface area contributed by atoms with Gasteiger partial charge in [-0.3, -0.25) is 0 Å². The summed E-state index contributed by atoms with van der Waals surface area (Å²) in [6.07, 6.45) is 9.29. The third-order valence-corrected chi connectivity index (χ3v) is 11.4. The van der Waals surface area contributed by atoms with Crippen molar-refractivity contribution >= 4 is 92.1 Å². The first-order valence-electron chi connectivity index (χ1n) is 14.8. The zero-order chi connectivity index (χ0) is 28.5. The Hall–Kier alpha value is -4.64. The van der Waals surface area contributed by atoms with Gasteiger partial charge in [0.15, 0.2) is 0 Å². The highest BCUT2D eigenvalue weighted by Crippen LogP contribution is 2.44. The minimum Gasteiger partial charge on any atom is -0.398 e. The highest BCUT2D eigenvalue weighted by atomic mass is 32.1. The first-order chi connectivity index (χ1) is 21.3. The van der Waals surface area contributed by atoms with Crippen LogP contribution in [-0.2, 0) is 13.0 Å². The molecule has 0 aliphatic heterocycles. The van der Waals surface area contributed by atoms with Crippen LogP contribution in [0, 0.1) is 0 Å². The van der Waals surface area contributed by atoms with Crippen molar-refractivity contribution in [2.24, 2.45) is 0 Å². The summed E-state index contributed by atoms with van der Waals surface area (Å²) in [5.74, 6) is 0. The molecule has 0 saturated carbocycles. The second-order valence-corrected chi connectivity index (χ2v) is 13.4. The molecule has 0 saturated heterocycles. The molecule has 0 spiro atoms. The van der Waals surface area contributed by atoms with E-state index in [1.54, 1.807) is 0 Å². The molecule has 1 aliphatic rings. The van der Waals surface area contributed by atoms with Gasteiger partial charge in [-0.15, -0.1) is 22.7 Å². The normalized spacial score (nSPS) is 13.6. The minimum atomic E-state index is 0.742. The van der Waals surface area contributed by atoms with Crippen LogP contribution < -0.4 is 5.73 Å². The number of nitrogens with two attached hydrogens (primary N) is 1. The molecule has 0 fully saturated rings. The molecular formula is C39H28N2S2. The molecule has 0 bridgehead atoms. The summed E-state index contributed by atoms with van der Waals surface area (Å²) in [6.45, 7) is 0.742. The van der Waals surface area contributed by atoms with E-state index in [0.717, 1.165) is 30.6 Å². The van der Waals surface area contributed by atoms with Crippen LogP contribution in [0.15, 0.2) is 115 Å². The van der Waals surface area contributed by atoms with Crippen LogP contribution in [0.4, 0.5) is 5.69 Å². The van der Waals surface area contributed by atoms with Crippen molar-refractivity contribution in [2.75, 3.05) is 5.73 Å². The van der Waals surface area contributed by atoms with Crippen molar-refractivity contribution in [3.63, 3.8) is 0 Å². The van der Waals surface area contributed by atoms with Gasteiger partial charge in [-0.25, -0.2) is 0 Å². The number of nitrogen functional groups attached to an aromatic ring is 1. The number of fused-ring (bicyclic) bond motifs is 10. The van der Waals surface area contributed by atoms with E-state index in [1.165, 1.54) is 73.6 Å².